The molecule has 82 valence electrons. The average molecular weight is 221 g/mol. The van der Waals surface area contributed by atoms with Crippen molar-refractivity contribution in [2.45, 2.75) is 6.43 Å². The van der Waals surface area contributed by atoms with Crippen molar-refractivity contribution >= 4 is 5.97 Å². The summed E-state index contributed by atoms with van der Waals surface area (Å²) in [5, 5.41) is 8.55. The van der Waals surface area contributed by atoms with Gasteiger partial charge in [0.25, 0.3) is 6.43 Å². The summed E-state index contributed by atoms with van der Waals surface area (Å²) in [5.41, 5.74) is -1.73. The van der Waals surface area contributed by atoms with Crippen molar-refractivity contribution in [3.05, 3.63) is 23.3 Å². The number of nitrogens with zero attached hydrogens (tertiary/aromatic N) is 1. The van der Waals surface area contributed by atoms with E-state index in [4.69, 9.17) is 5.11 Å². The summed E-state index contributed by atoms with van der Waals surface area (Å²) >= 11 is 0. The minimum absolute atomic E-state index is 0.478. The molecule has 4 nitrogen and oxygen atoms in total. The number of carboxylic acids is 1. The third kappa shape index (κ3) is 2.00. The van der Waals surface area contributed by atoms with Crippen molar-refractivity contribution in [1.29, 1.82) is 0 Å². The molecule has 0 radical (unpaired) electrons. The molecule has 0 aromatic carbocycles. The van der Waals surface area contributed by atoms with Gasteiger partial charge in [0.2, 0.25) is 0 Å². The van der Waals surface area contributed by atoms with E-state index in [-0.39, 0.29) is 0 Å². The zero-order chi connectivity index (χ0) is 11.6. The molecular weight excluding hydrogens is 215 g/mol. The third-order valence-electron chi connectivity index (χ3n) is 1.64. The molecule has 0 aliphatic carbocycles. The van der Waals surface area contributed by atoms with Gasteiger partial charge in [-0.15, -0.1) is 0 Å². The van der Waals surface area contributed by atoms with Crippen LogP contribution >= 0.6 is 0 Å². The number of carboxylic acid groups (broad SMARTS) is 1. The summed E-state index contributed by atoms with van der Waals surface area (Å²) in [5.74, 6) is -3.74. The van der Waals surface area contributed by atoms with Gasteiger partial charge >= 0.3 is 5.97 Å². The van der Waals surface area contributed by atoms with Gasteiger partial charge in [-0.25, -0.2) is 22.9 Å². The quantitative estimate of drug-likeness (QED) is 0.846. The molecule has 15 heavy (non-hydrogen) atoms. The van der Waals surface area contributed by atoms with Gasteiger partial charge in [0.05, 0.1) is 12.7 Å². The Balaban J connectivity index is 3.39. The molecule has 1 aromatic rings. The standard InChI is InChI=1S/C8H6F3NO3/c1-15-6-4(9)3(7(10)11)2-12-5(6)8(13)14/h2,7H,1H3,(H,13,14). The van der Waals surface area contributed by atoms with Crippen LogP contribution in [0.2, 0.25) is 0 Å². The van der Waals surface area contributed by atoms with Crippen LogP contribution in [0.25, 0.3) is 0 Å². The summed E-state index contributed by atoms with van der Waals surface area (Å²) in [4.78, 5) is 13.7. The topological polar surface area (TPSA) is 59.4 Å². The fraction of sp³-hybridized carbons (Fsp3) is 0.250. The average Bonchev–Trinajstić information content (AvgIpc) is 2.16. The van der Waals surface area contributed by atoms with E-state index in [1.54, 1.807) is 0 Å². The molecule has 0 saturated carbocycles. The number of aromatic carboxylic acids is 1. The number of ether oxygens (including phenoxy) is 1. The van der Waals surface area contributed by atoms with Gasteiger partial charge < -0.3 is 9.84 Å². The highest BCUT2D eigenvalue weighted by molar-refractivity contribution is 5.88. The number of hydrogen-bond donors (Lipinski definition) is 1. The lowest BCUT2D eigenvalue weighted by atomic mass is 10.2. The van der Waals surface area contributed by atoms with Gasteiger partial charge in [-0.3, -0.25) is 0 Å². The van der Waals surface area contributed by atoms with Crippen LogP contribution in [0.15, 0.2) is 6.20 Å². The maximum Gasteiger partial charge on any atom is 0.358 e. The van der Waals surface area contributed by atoms with Crippen LogP contribution in [0, 0.1) is 5.82 Å². The highest BCUT2D eigenvalue weighted by Gasteiger charge is 2.24. The molecular formula is C8H6F3NO3. The molecule has 0 aliphatic rings. The van der Waals surface area contributed by atoms with Crippen LogP contribution in [0.1, 0.15) is 22.5 Å². The highest BCUT2D eigenvalue weighted by atomic mass is 19.3. The number of hydrogen-bond acceptors (Lipinski definition) is 3. The fourth-order valence-electron chi connectivity index (χ4n) is 0.975. The van der Waals surface area contributed by atoms with Gasteiger partial charge in [0, 0.05) is 6.20 Å². The predicted octanol–water partition coefficient (Wildman–Crippen LogP) is 1.87. The van der Waals surface area contributed by atoms with Crippen LogP contribution in [0.3, 0.4) is 0 Å². The molecule has 1 aromatic heterocycles. The number of pyridine rings is 1. The van der Waals surface area contributed by atoms with Gasteiger partial charge in [-0.1, -0.05) is 0 Å². The smallest absolute Gasteiger partial charge is 0.358 e. The predicted molar refractivity (Wildman–Crippen MR) is 42.7 cm³/mol. The number of rotatable bonds is 3. The molecule has 7 heteroatoms. The Hall–Kier alpha value is -1.79. The molecule has 0 amide bonds. The van der Waals surface area contributed by atoms with Crippen molar-refractivity contribution < 1.29 is 27.8 Å². The first kappa shape index (κ1) is 11.3. The molecule has 1 rings (SSSR count). The first-order valence-corrected chi connectivity index (χ1v) is 3.72. The molecule has 0 bridgehead atoms. The first-order valence-electron chi connectivity index (χ1n) is 3.72. The Bertz CT molecular complexity index is 395. The van der Waals surface area contributed by atoms with E-state index in [1.165, 1.54) is 0 Å². The lowest BCUT2D eigenvalue weighted by Gasteiger charge is -2.08. The minimum atomic E-state index is -3.07. The summed E-state index contributed by atoms with van der Waals surface area (Å²) in [6, 6.07) is 0. The second-order valence-electron chi connectivity index (χ2n) is 2.52. The number of aromatic nitrogens is 1. The minimum Gasteiger partial charge on any atom is -0.491 e. The molecule has 1 heterocycles. The summed E-state index contributed by atoms with van der Waals surface area (Å²) in [6.07, 6.45) is -2.60. The monoisotopic (exact) mass is 221 g/mol. The normalized spacial score (nSPS) is 10.5. The van der Waals surface area contributed by atoms with E-state index in [0.29, 0.717) is 6.20 Å². The Morgan fingerprint density at radius 2 is 2.20 bits per heavy atom. The maximum absolute atomic E-state index is 13.2. The van der Waals surface area contributed by atoms with Crippen LogP contribution in [-0.2, 0) is 0 Å². The van der Waals surface area contributed by atoms with Crippen molar-refractivity contribution in [3.8, 4) is 5.75 Å². The molecule has 0 fully saturated rings. The molecule has 0 aliphatic heterocycles. The fourth-order valence-corrected chi connectivity index (χ4v) is 0.975. The summed E-state index contributed by atoms with van der Waals surface area (Å²) in [6.45, 7) is 0. The lowest BCUT2D eigenvalue weighted by molar-refractivity contribution is 0.0684. The van der Waals surface area contributed by atoms with Gasteiger partial charge in [-0.05, 0) is 0 Å². The molecule has 0 atom stereocenters. The Morgan fingerprint density at radius 3 is 2.60 bits per heavy atom. The van der Waals surface area contributed by atoms with Crippen LogP contribution in [0.4, 0.5) is 13.2 Å². The lowest BCUT2D eigenvalue weighted by Crippen LogP contribution is -2.08. The van der Waals surface area contributed by atoms with Gasteiger partial charge in [0.1, 0.15) is 0 Å². The van der Waals surface area contributed by atoms with E-state index in [1.807, 2.05) is 0 Å². The van der Waals surface area contributed by atoms with Crippen LogP contribution in [0.5, 0.6) is 5.75 Å². The van der Waals surface area contributed by atoms with Crippen molar-refractivity contribution in [2.75, 3.05) is 7.11 Å². The van der Waals surface area contributed by atoms with E-state index in [2.05, 4.69) is 9.72 Å². The first-order chi connectivity index (χ1) is 6.99. The van der Waals surface area contributed by atoms with Gasteiger partial charge in [-0.2, -0.15) is 0 Å². The second kappa shape index (κ2) is 4.16. The number of carbonyl (C=O) groups is 1. The Morgan fingerprint density at radius 1 is 1.60 bits per heavy atom. The third-order valence-corrected chi connectivity index (χ3v) is 1.64. The Labute approximate surface area is 82.3 Å². The van der Waals surface area contributed by atoms with E-state index < -0.39 is 35.2 Å². The van der Waals surface area contributed by atoms with Crippen molar-refractivity contribution in [2.24, 2.45) is 0 Å². The summed E-state index contributed by atoms with van der Waals surface area (Å²) in [7, 11) is 0.974. The number of halogens is 3. The van der Waals surface area contributed by atoms with E-state index >= 15 is 0 Å². The molecule has 0 spiro atoms. The largest absolute Gasteiger partial charge is 0.491 e. The molecule has 0 saturated heterocycles. The van der Waals surface area contributed by atoms with Crippen molar-refractivity contribution in [3.63, 3.8) is 0 Å². The van der Waals surface area contributed by atoms with Crippen molar-refractivity contribution in [1.82, 2.24) is 4.98 Å². The number of methoxy groups -OCH3 is 1. The van der Waals surface area contributed by atoms with E-state index in [0.717, 1.165) is 7.11 Å². The van der Waals surface area contributed by atoms with Crippen LogP contribution < -0.4 is 4.74 Å². The van der Waals surface area contributed by atoms with Gasteiger partial charge in [0.15, 0.2) is 17.3 Å². The molecule has 0 unspecified atom stereocenters. The van der Waals surface area contributed by atoms with Crippen LogP contribution in [-0.4, -0.2) is 23.2 Å². The Kier molecular flexibility index (Phi) is 3.13. The summed E-state index contributed by atoms with van der Waals surface area (Å²) < 4.78 is 42.0. The molecule has 1 N–H and O–H groups in total. The zero-order valence-electron chi connectivity index (χ0n) is 7.50. The van der Waals surface area contributed by atoms with E-state index in [9.17, 15) is 18.0 Å². The maximum atomic E-state index is 13.2. The SMILES string of the molecule is COc1c(C(=O)O)ncc(C(F)F)c1F. The number of alkyl halides is 2. The second-order valence-corrected chi connectivity index (χ2v) is 2.52. The zero-order valence-corrected chi connectivity index (χ0v) is 7.50. The highest BCUT2D eigenvalue weighted by Crippen LogP contribution is 2.29.